The number of benzene rings is 1. The van der Waals surface area contributed by atoms with E-state index in [4.69, 9.17) is 4.74 Å². The van der Waals surface area contributed by atoms with Crippen LogP contribution >= 0.6 is 0 Å². The van der Waals surface area contributed by atoms with Crippen LogP contribution in [-0.4, -0.2) is 58.9 Å². The van der Waals surface area contributed by atoms with Crippen molar-refractivity contribution in [2.75, 3.05) is 38.2 Å². The first-order valence-electron chi connectivity index (χ1n) is 8.75. The summed E-state index contributed by atoms with van der Waals surface area (Å²) in [6.45, 7) is 8.06. The molecule has 0 bridgehead atoms. The third kappa shape index (κ3) is 3.50. The highest BCUT2D eigenvalue weighted by molar-refractivity contribution is 5.82. The van der Waals surface area contributed by atoms with Gasteiger partial charge in [0.2, 0.25) is 0 Å². The Morgan fingerprint density at radius 3 is 2.42 bits per heavy atom. The van der Waals surface area contributed by atoms with Crippen LogP contribution in [0.4, 0.5) is 11.4 Å². The molecule has 0 aliphatic carbocycles. The van der Waals surface area contributed by atoms with Crippen molar-refractivity contribution >= 4 is 11.4 Å². The van der Waals surface area contributed by atoms with Gasteiger partial charge in [0.05, 0.1) is 18.2 Å². The molecule has 8 heteroatoms. The molecule has 0 unspecified atom stereocenters. The van der Waals surface area contributed by atoms with Crippen molar-refractivity contribution < 1.29 is 9.66 Å². The van der Waals surface area contributed by atoms with Crippen molar-refractivity contribution in [1.29, 1.82) is 0 Å². The predicted molar refractivity (Wildman–Crippen MR) is 101 cm³/mol. The van der Waals surface area contributed by atoms with Gasteiger partial charge < -0.3 is 9.64 Å². The maximum atomic E-state index is 11.5. The molecule has 1 aliphatic heterocycles. The lowest BCUT2D eigenvalue weighted by Crippen LogP contribution is -2.49. The van der Waals surface area contributed by atoms with Crippen LogP contribution in [0.2, 0.25) is 0 Å². The molecule has 1 fully saturated rings. The first-order chi connectivity index (χ1) is 12.4. The standard InChI is InChI=1S/C18H25N5O3/c1-13(2)21-5-7-22(8-6-21)16-10-18(26-4)17(23(24)25)9-15(16)14-11-19-20(3)12-14/h9-13H,5-8H2,1-4H3. The molecule has 140 valence electrons. The van der Waals surface area contributed by atoms with Gasteiger partial charge in [-0.1, -0.05) is 0 Å². The number of nitrogens with zero attached hydrogens (tertiary/aromatic N) is 5. The fraction of sp³-hybridized carbons (Fsp3) is 0.500. The highest BCUT2D eigenvalue weighted by atomic mass is 16.6. The number of aromatic nitrogens is 2. The molecule has 1 aromatic heterocycles. The van der Waals surface area contributed by atoms with Crippen LogP contribution in [0, 0.1) is 10.1 Å². The third-order valence-corrected chi connectivity index (χ3v) is 4.90. The third-order valence-electron chi connectivity index (χ3n) is 4.90. The van der Waals surface area contributed by atoms with Gasteiger partial charge in [-0.15, -0.1) is 0 Å². The summed E-state index contributed by atoms with van der Waals surface area (Å²) in [6, 6.07) is 3.90. The fourth-order valence-corrected chi connectivity index (χ4v) is 3.40. The van der Waals surface area contributed by atoms with E-state index in [1.807, 2.05) is 13.2 Å². The van der Waals surface area contributed by atoms with E-state index in [1.165, 1.54) is 7.11 Å². The first-order valence-corrected chi connectivity index (χ1v) is 8.75. The van der Waals surface area contributed by atoms with Gasteiger partial charge in [-0.2, -0.15) is 5.10 Å². The van der Waals surface area contributed by atoms with E-state index in [2.05, 4.69) is 28.7 Å². The second-order valence-electron chi connectivity index (χ2n) is 6.82. The van der Waals surface area contributed by atoms with E-state index >= 15 is 0 Å². The number of rotatable bonds is 5. The normalized spacial score (nSPS) is 15.5. The monoisotopic (exact) mass is 359 g/mol. The lowest BCUT2D eigenvalue weighted by atomic mass is 10.0. The van der Waals surface area contributed by atoms with Crippen LogP contribution in [0.25, 0.3) is 11.1 Å². The second kappa shape index (κ2) is 7.33. The van der Waals surface area contributed by atoms with Crippen LogP contribution in [0.15, 0.2) is 24.5 Å². The van der Waals surface area contributed by atoms with E-state index in [1.54, 1.807) is 23.0 Å². The van der Waals surface area contributed by atoms with Gasteiger partial charge in [0.25, 0.3) is 0 Å². The summed E-state index contributed by atoms with van der Waals surface area (Å²) < 4.78 is 6.99. The van der Waals surface area contributed by atoms with Crippen LogP contribution < -0.4 is 9.64 Å². The summed E-state index contributed by atoms with van der Waals surface area (Å²) in [7, 11) is 3.30. The molecule has 1 aliphatic rings. The Bertz CT molecular complexity index is 794. The van der Waals surface area contributed by atoms with Crippen molar-refractivity contribution in [3.63, 3.8) is 0 Å². The zero-order chi connectivity index (χ0) is 18.8. The average molecular weight is 359 g/mol. The fourth-order valence-electron chi connectivity index (χ4n) is 3.40. The number of hydrogen-bond donors (Lipinski definition) is 0. The minimum atomic E-state index is -0.404. The summed E-state index contributed by atoms with van der Waals surface area (Å²) in [5.41, 5.74) is 2.59. The van der Waals surface area contributed by atoms with Gasteiger partial charge in [-0.05, 0) is 13.8 Å². The molecule has 2 aromatic rings. The number of hydrogen-bond acceptors (Lipinski definition) is 6. The molecule has 0 spiro atoms. The van der Waals surface area contributed by atoms with E-state index in [0.717, 1.165) is 43.0 Å². The predicted octanol–water partition coefficient (Wildman–Crippen LogP) is 2.53. The van der Waals surface area contributed by atoms with Gasteiger partial charge in [0.1, 0.15) is 0 Å². The highest BCUT2D eigenvalue weighted by Gasteiger charge is 2.26. The number of anilines is 1. The number of ether oxygens (including phenoxy) is 1. The van der Waals surface area contributed by atoms with Gasteiger partial charge in [0, 0.05) is 74.4 Å². The minimum Gasteiger partial charge on any atom is -0.490 e. The SMILES string of the molecule is COc1cc(N2CCN(C(C)C)CC2)c(-c2cnn(C)c2)cc1[N+](=O)[O-]. The van der Waals surface area contributed by atoms with Crippen molar-refractivity contribution in [1.82, 2.24) is 14.7 Å². The second-order valence-corrected chi connectivity index (χ2v) is 6.82. The molecule has 2 heterocycles. The molecule has 0 saturated carbocycles. The van der Waals surface area contributed by atoms with E-state index in [0.29, 0.717) is 6.04 Å². The number of piperazine rings is 1. The Hall–Kier alpha value is -2.61. The molecular weight excluding hydrogens is 334 g/mol. The maximum Gasteiger partial charge on any atom is 0.311 e. The van der Waals surface area contributed by atoms with E-state index in [9.17, 15) is 10.1 Å². The molecule has 26 heavy (non-hydrogen) atoms. The van der Waals surface area contributed by atoms with Gasteiger partial charge in [-0.25, -0.2) is 0 Å². The van der Waals surface area contributed by atoms with Crippen molar-refractivity contribution in [2.24, 2.45) is 7.05 Å². The zero-order valence-electron chi connectivity index (χ0n) is 15.7. The molecule has 3 rings (SSSR count). The van der Waals surface area contributed by atoms with Crippen molar-refractivity contribution in [3.8, 4) is 16.9 Å². The van der Waals surface area contributed by atoms with Crippen LogP contribution in [0.3, 0.4) is 0 Å². The summed E-state index contributed by atoms with van der Waals surface area (Å²) >= 11 is 0. The van der Waals surface area contributed by atoms with Crippen molar-refractivity contribution in [3.05, 3.63) is 34.6 Å². The molecule has 8 nitrogen and oxygen atoms in total. The van der Waals surface area contributed by atoms with Crippen LogP contribution in [0.5, 0.6) is 5.75 Å². The number of nitro groups is 1. The maximum absolute atomic E-state index is 11.5. The summed E-state index contributed by atoms with van der Waals surface area (Å²) in [6.07, 6.45) is 3.61. The smallest absolute Gasteiger partial charge is 0.311 e. The Morgan fingerprint density at radius 2 is 1.92 bits per heavy atom. The number of nitro benzene ring substituents is 1. The highest BCUT2D eigenvalue weighted by Crippen LogP contribution is 2.40. The van der Waals surface area contributed by atoms with Crippen molar-refractivity contribution in [2.45, 2.75) is 19.9 Å². The quantitative estimate of drug-likeness (QED) is 0.603. The molecule has 0 amide bonds. The number of aryl methyl sites for hydroxylation is 1. The summed E-state index contributed by atoms with van der Waals surface area (Å²) in [5, 5.41) is 15.7. The van der Waals surface area contributed by atoms with E-state index < -0.39 is 4.92 Å². The minimum absolute atomic E-state index is 0.0316. The first kappa shape index (κ1) is 18.2. The van der Waals surface area contributed by atoms with Crippen LogP contribution in [-0.2, 0) is 7.05 Å². The average Bonchev–Trinajstić information content (AvgIpc) is 3.06. The zero-order valence-corrected chi connectivity index (χ0v) is 15.7. The summed E-state index contributed by atoms with van der Waals surface area (Å²) in [5.74, 6) is 0.281. The van der Waals surface area contributed by atoms with E-state index in [-0.39, 0.29) is 11.4 Å². The van der Waals surface area contributed by atoms with Gasteiger partial charge >= 0.3 is 5.69 Å². The molecule has 1 saturated heterocycles. The van der Waals surface area contributed by atoms with Crippen LogP contribution in [0.1, 0.15) is 13.8 Å². The molecular formula is C18H25N5O3. The molecule has 0 radical (unpaired) electrons. The topological polar surface area (TPSA) is 76.7 Å². The molecule has 0 atom stereocenters. The Kier molecular flexibility index (Phi) is 5.13. The Morgan fingerprint density at radius 1 is 1.23 bits per heavy atom. The Labute approximate surface area is 153 Å². The molecule has 1 aromatic carbocycles. The summed E-state index contributed by atoms with van der Waals surface area (Å²) in [4.78, 5) is 15.8. The van der Waals surface area contributed by atoms with Gasteiger partial charge in [-0.3, -0.25) is 19.7 Å². The Balaban J connectivity index is 2.04. The lowest BCUT2D eigenvalue weighted by molar-refractivity contribution is -0.385. The molecule has 0 N–H and O–H groups in total. The largest absolute Gasteiger partial charge is 0.490 e. The number of methoxy groups -OCH3 is 1. The van der Waals surface area contributed by atoms with Gasteiger partial charge in [0.15, 0.2) is 5.75 Å². The lowest BCUT2D eigenvalue weighted by Gasteiger charge is -2.38.